The summed E-state index contributed by atoms with van der Waals surface area (Å²) in [5.74, 6) is 0. The quantitative estimate of drug-likeness (QED) is 0.473. The fourth-order valence-electron chi connectivity index (χ4n) is 2.01. The lowest BCUT2D eigenvalue weighted by Gasteiger charge is -2.13. The van der Waals surface area contributed by atoms with Gasteiger partial charge in [0.15, 0.2) is 0 Å². The predicted octanol–water partition coefficient (Wildman–Crippen LogP) is 5.01. The summed E-state index contributed by atoms with van der Waals surface area (Å²) in [4.78, 5) is 0. The average Bonchev–Trinajstić information content (AvgIpc) is 2.18. The van der Waals surface area contributed by atoms with E-state index in [1.54, 1.807) is 22.3 Å². The lowest BCUT2D eigenvalue weighted by Crippen LogP contribution is -1.93. The summed E-state index contributed by atoms with van der Waals surface area (Å²) < 4.78 is 0. The molecule has 80 valence electrons. The molecule has 0 bridgehead atoms. The summed E-state index contributed by atoms with van der Waals surface area (Å²) in [6, 6.07) is 0. The molecule has 0 saturated carbocycles. The molecule has 0 spiro atoms. The second-order valence-electron chi connectivity index (χ2n) is 4.83. The molecule has 1 aliphatic carbocycles. The van der Waals surface area contributed by atoms with E-state index in [-0.39, 0.29) is 0 Å². The van der Waals surface area contributed by atoms with E-state index >= 15 is 0 Å². The monoisotopic (exact) mass is 192 g/mol. The Bertz CT molecular complexity index is 225. The summed E-state index contributed by atoms with van der Waals surface area (Å²) >= 11 is 0. The zero-order valence-electron chi connectivity index (χ0n) is 10.2. The summed E-state index contributed by atoms with van der Waals surface area (Å²) in [6.45, 7) is 9.23. The first kappa shape index (κ1) is 11.6. The van der Waals surface area contributed by atoms with Gasteiger partial charge >= 0.3 is 0 Å². The first-order valence-corrected chi connectivity index (χ1v) is 5.91. The Kier molecular flexibility index (Phi) is 4.44. The number of hydrogen-bond donors (Lipinski definition) is 0. The highest BCUT2D eigenvalue weighted by Gasteiger charge is 2.04. The second-order valence-corrected chi connectivity index (χ2v) is 4.83. The van der Waals surface area contributed by atoms with Crippen LogP contribution in [0.4, 0.5) is 0 Å². The van der Waals surface area contributed by atoms with Crippen molar-refractivity contribution < 1.29 is 0 Å². The molecule has 0 atom stereocenters. The van der Waals surface area contributed by atoms with E-state index in [0.717, 1.165) is 0 Å². The van der Waals surface area contributed by atoms with Crippen molar-refractivity contribution in [2.75, 3.05) is 0 Å². The summed E-state index contributed by atoms with van der Waals surface area (Å²) in [5.41, 5.74) is 6.52. The van der Waals surface area contributed by atoms with Crippen LogP contribution < -0.4 is 0 Å². The molecule has 0 saturated heterocycles. The van der Waals surface area contributed by atoms with Crippen LogP contribution in [0.15, 0.2) is 22.3 Å². The van der Waals surface area contributed by atoms with Gasteiger partial charge in [-0.05, 0) is 66.2 Å². The van der Waals surface area contributed by atoms with Crippen molar-refractivity contribution in [1.29, 1.82) is 0 Å². The van der Waals surface area contributed by atoms with Gasteiger partial charge in [0.2, 0.25) is 0 Å². The van der Waals surface area contributed by atoms with E-state index in [0.29, 0.717) is 0 Å². The highest BCUT2D eigenvalue weighted by molar-refractivity contribution is 5.16. The molecule has 0 nitrogen and oxygen atoms in total. The summed E-state index contributed by atoms with van der Waals surface area (Å²) in [7, 11) is 0. The molecule has 0 N–H and O–H groups in total. The molecule has 0 unspecified atom stereocenters. The first-order chi connectivity index (χ1) is 6.61. The normalized spacial score (nSPS) is 31.7. The first-order valence-electron chi connectivity index (χ1n) is 5.91. The van der Waals surface area contributed by atoms with Crippen LogP contribution in [0.1, 0.15) is 66.2 Å². The maximum Gasteiger partial charge on any atom is -0.0283 e. The van der Waals surface area contributed by atoms with Crippen LogP contribution in [0.25, 0.3) is 0 Å². The van der Waals surface area contributed by atoms with Crippen LogP contribution in [0.5, 0.6) is 0 Å². The minimum absolute atomic E-state index is 1.27. The van der Waals surface area contributed by atoms with Crippen molar-refractivity contribution in [2.24, 2.45) is 0 Å². The Morgan fingerprint density at radius 3 is 1.14 bits per heavy atom. The molecule has 1 rings (SSSR count). The molecule has 0 fully saturated rings. The fourth-order valence-corrected chi connectivity index (χ4v) is 2.01. The maximum absolute atomic E-state index is 2.31. The fraction of sp³-hybridized carbons (Fsp3) is 0.714. The Hall–Kier alpha value is -0.520. The highest BCUT2D eigenvalue weighted by Crippen LogP contribution is 2.24. The Balaban J connectivity index is 2.71. The minimum Gasteiger partial charge on any atom is -0.0744 e. The Labute approximate surface area is 89.1 Å². The molecule has 0 radical (unpaired) electrons. The maximum atomic E-state index is 2.31. The topological polar surface area (TPSA) is 0 Å². The van der Waals surface area contributed by atoms with Crippen LogP contribution in [0, 0.1) is 0 Å². The Morgan fingerprint density at radius 1 is 0.500 bits per heavy atom. The van der Waals surface area contributed by atoms with Gasteiger partial charge in [0, 0.05) is 0 Å². The summed E-state index contributed by atoms with van der Waals surface area (Å²) in [5, 5.41) is 0. The average molecular weight is 192 g/mol. The molecule has 0 aliphatic heterocycles. The van der Waals surface area contributed by atoms with E-state index in [9.17, 15) is 0 Å². The van der Waals surface area contributed by atoms with E-state index in [4.69, 9.17) is 0 Å². The van der Waals surface area contributed by atoms with Crippen LogP contribution in [0.2, 0.25) is 0 Å². The molecule has 0 heteroatoms. The van der Waals surface area contributed by atoms with E-state index < -0.39 is 0 Å². The van der Waals surface area contributed by atoms with Crippen LogP contribution in [-0.4, -0.2) is 0 Å². The zero-order valence-corrected chi connectivity index (χ0v) is 10.2. The van der Waals surface area contributed by atoms with Gasteiger partial charge in [0.25, 0.3) is 0 Å². The second kappa shape index (κ2) is 5.38. The lowest BCUT2D eigenvalue weighted by atomic mass is 9.93. The minimum atomic E-state index is 1.27. The number of hydrogen-bond acceptors (Lipinski definition) is 0. The van der Waals surface area contributed by atoms with Crippen LogP contribution in [-0.2, 0) is 0 Å². The third-order valence-corrected chi connectivity index (χ3v) is 3.69. The van der Waals surface area contributed by atoms with Crippen LogP contribution in [0.3, 0.4) is 0 Å². The van der Waals surface area contributed by atoms with Crippen molar-refractivity contribution in [3.63, 3.8) is 0 Å². The molecular weight excluding hydrogens is 168 g/mol. The smallest absolute Gasteiger partial charge is 0.0283 e. The van der Waals surface area contributed by atoms with Crippen molar-refractivity contribution in [1.82, 2.24) is 0 Å². The zero-order chi connectivity index (χ0) is 10.6. The Morgan fingerprint density at radius 2 is 0.786 bits per heavy atom. The standard InChI is InChI=1S/C14H24/c1-11-7-5-6-8-12(2)14(4)10-9-13(11)3/h5-10H2,1-4H3/b13-11-,14-12-. The number of rotatable bonds is 0. The third-order valence-electron chi connectivity index (χ3n) is 3.69. The highest BCUT2D eigenvalue weighted by atomic mass is 14.1. The molecule has 0 amide bonds. The number of allylic oxidation sites excluding steroid dienone is 4. The molecule has 0 heterocycles. The molecule has 1 aliphatic rings. The van der Waals surface area contributed by atoms with Crippen molar-refractivity contribution >= 4 is 0 Å². The van der Waals surface area contributed by atoms with Crippen LogP contribution >= 0.6 is 0 Å². The molecule has 0 aromatic rings. The third kappa shape index (κ3) is 3.32. The lowest BCUT2D eigenvalue weighted by molar-refractivity contribution is 0.698. The molecule has 0 aromatic carbocycles. The van der Waals surface area contributed by atoms with Gasteiger partial charge in [-0.15, -0.1) is 0 Å². The summed E-state index contributed by atoms with van der Waals surface area (Å²) in [6.07, 6.45) is 7.92. The SMILES string of the molecule is C/C1=C(\C)CC/C(C)=C(/C)CCCC1. The van der Waals surface area contributed by atoms with Gasteiger partial charge in [-0.1, -0.05) is 22.3 Å². The van der Waals surface area contributed by atoms with Crippen molar-refractivity contribution in [3.05, 3.63) is 22.3 Å². The molecular formula is C14H24. The van der Waals surface area contributed by atoms with E-state index in [1.165, 1.54) is 38.5 Å². The van der Waals surface area contributed by atoms with Crippen molar-refractivity contribution in [2.45, 2.75) is 66.2 Å². The van der Waals surface area contributed by atoms with Gasteiger partial charge in [-0.25, -0.2) is 0 Å². The van der Waals surface area contributed by atoms with Gasteiger partial charge < -0.3 is 0 Å². The predicted molar refractivity (Wildman–Crippen MR) is 64.5 cm³/mol. The van der Waals surface area contributed by atoms with Gasteiger partial charge in [0.1, 0.15) is 0 Å². The van der Waals surface area contributed by atoms with Crippen molar-refractivity contribution in [3.8, 4) is 0 Å². The van der Waals surface area contributed by atoms with Gasteiger partial charge in [-0.3, -0.25) is 0 Å². The van der Waals surface area contributed by atoms with E-state index in [1.807, 2.05) is 0 Å². The largest absolute Gasteiger partial charge is 0.0744 e. The molecule has 0 aromatic heterocycles. The van der Waals surface area contributed by atoms with Gasteiger partial charge in [0.05, 0.1) is 0 Å². The van der Waals surface area contributed by atoms with E-state index in [2.05, 4.69) is 27.7 Å². The van der Waals surface area contributed by atoms with Gasteiger partial charge in [-0.2, -0.15) is 0 Å². The molecule has 14 heavy (non-hydrogen) atoms.